The smallest absolute Gasteiger partial charge is 0.125 e. The van der Waals surface area contributed by atoms with Crippen LogP contribution in [0.2, 0.25) is 0 Å². The zero-order valence-electron chi connectivity index (χ0n) is 10.9. The fraction of sp³-hybridized carbons (Fsp3) is 0.571. The van der Waals surface area contributed by atoms with Crippen LogP contribution in [0.15, 0.2) is 18.2 Å². The molecule has 0 amide bonds. The van der Waals surface area contributed by atoms with Crippen LogP contribution in [0.4, 0.5) is 0 Å². The molecule has 0 bridgehead atoms. The maximum atomic E-state index is 5.44. The van der Waals surface area contributed by atoms with Crippen molar-refractivity contribution in [1.82, 2.24) is 5.32 Å². The van der Waals surface area contributed by atoms with Crippen LogP contribution >= 0.6 is 0 Å². The molecule has 0 radical (unpaired) electrons. The summed E-state index contributed by atoms with van der Waals surface area (Å²) in [6.45, 7) is 1.09. The van der Waals surface area contributed by atoms with Gasteiger partial charge in [0.25, 0.3) is 0 Å². The fourth-order valence-corrected chi connectivity index (χ4v) is 2.37. The molecule has 3 nitrogen and oxygen atoms in total. The molecule has 1 N–H and O–H groups in total. The van der Waals surface area contributed by atoms with Gasteiger partial charge in [-0.25, -0.2) is 0 Å². The van der Waals surface area contributed by atoms with Crippen molar-refractivity contribution < 1.29 is 9.47 Å². The summed E-state index contributed by atoms with van der Waals surface area (Å²) < 4.78 is 10.7. The zero-order chi connectivity index (χ0) is 12.3. The average molecular weight is 235 g/mol. The third kappa shape index (κ3) is 2.72. The first kappa shape index (κ1) is 12.2. The topological polar surface area (TPSA) is 30.5 Å². The van der Waals surface area contributed by atoms with Gasteiger partial charge in [0, 0.05) is 12.6 Å². The minimum Gasteiger partial charge on any atom is -0.497 e. The van der Waals surface area contributed by atoms with E-state index in [0.717, 1.165) is 24.5 Å². The number of ether oxygens (including phenoxy) is 2. The highest BCUT2D eigenvalue weighted by molar-refractivity contribution is 5.41. The van der Waals surface area contributed by atoms with Gasteiger partial charge < -0.3 is 14.8 Å². The summed E-state index contributed by atoms with van der Waals surface area (Å²) in [5, 5.41) is 3.29. The Morgan fingerprint density at radius 2 is 2.00 bits per heavy atom. The van der Waals surface area contributed by atoms with Gasteiger partial charge in [-0.15, -0.1) is 0 Å². The summed E-state index contributed by atoms with van der Waals surface area (Å²) in [7, 11) is 5.42. The van der Waals surface area contributed by atoms with Crippen LogP contribution in [0.3, 0.4) is 0 Å². The lowest BCUT2D eigenvalue weighted by atomic mass is 9.95. The maximum Gasteiger partial charge on any atom is 0.125 e. The Kier molecular flexibility index (Phi) is 3.57. The van der Waals surface area contributed by atoms with Crippen molar-refractivity contribution in [3.63, 3.8) is 0 Å². The lowest BCUT2D eigenvalue weighted by molar-refractivity contribution is 0.384. The number of hydrogen-bond donors (Lipinski definition) is 1. The van der Waals surface area contributed by atoms with E-state index in [-0.39, 0.29) is 0 Å². The third-order valence-electron chi connectivity index (χ3n) is 3.57. The quantitative estimate of drug-likeness (QED) is 0.820. The van der Waals surface area contributed by atoms with E-state index in [2.05, 4.69) is 11.4 Å². The summed E-state index contributed by atoms with van der Waals surface area (Å²) in [6, 6.07) is 6.09. The van der Waals surface area contributed by atoms with Crippen LogP contribution in [0.25, 0.3) is 0 Å². The number of hydrogen-bond acceptors (Lipinski definition) is 3. The van der Waals surface area contributed by atoms with Crippen LogP contribution in [0, 0.1) is 5.41 Å². The average Bonchev–Trinajstić information content (AvgIpc) is 3.10. The second-order valence-electron chi connectivity index (χ2n) is 4.88. The minimum atomic E-state index is 0.455. The van der Waals surface area contributed by atoms with Crippen molar-refractivity contribution in [2.45, 2.75) is 19.3 Å². The predicted molar refractivity (Wildman–Crippen MR) is 68.8 cm³/mol. The maximum absolute atomic E-state index is 5.44. The molecule has 0 unspecified atom stereocenters. The number of benzene rings is 1. The standard InChI is InChI=1S/C14H21NO2/c1-15-10-14(6-7-14)9-11-4-5-12(16-2)8-13(11)17-3/h4-5,8,15H,6-7,9-10H2,1-3H3. The van der Waals surface area contributed by atoms with Crippen LogP contribution in [-0.2, 0) is 6.42 Å². The molecule has 94 valence electrons. The molecule has 3 heteroatoms. The summed E-state index contributed by atoms with van der Waals surface area (Å²) in [6.07, 6.45) is 3.70. The predicted octanol–water partition coefficient (Wildman–Crippen LogP) is 2.25. The molecule has 1 fully saturated rings. The van der Waals surface area contributed by atoms with Crippen molar-refractivity contribution in [2.75, 3.05) is 27.8 Å². The molecule has 0 aliphatic heterocycles. The molecule has 0 atom stereocenters. The van der Waals surface area contributed by atoms with Crippen molar-refractivity contribution in [3.05, 3.63) is 23.8 Å². The van der Waals surface area contributed by atoms with Crippen molar-refractivity contribution >= 4 is 0 Å². The Hall–Kier alpha value is -1.22. The van der Waals surface area contributed by atoms with Crippen LogP contribution in [-0.4, -0.2) is 27.8 Å². The Morgan fingerprint density at radius 1 is 1.24 bits per heavy atom. The van der Waals surface area contributed by atoms with Gasteiger partial charge >= 0.3 is 0 Å². The van der Waals surface area contributed by atoms with Gasteiger partial charge in [0.1, 0.15) is 11.5 Å². The van der Waals surface area contributed by atoms with E-state index in [1.165, 1.54) is 18.4 Å². The van der Waals surface area contributed by atoms with E-state index in [1.807, 2.05) is 19.2 Å². The van der Waals surface area contributed by atoms with Gasteiger partial charge in [0.05, 0.1) is 14.2 Å². The molecular formula is C14H21NO2. The van der Waals surface area contributed by atoms with Crippen molar-refractivity contribution in [2.24, 2.45) is 5.41 Å². The molecular weight excluding hydrogens is 214 g/mol. The van der Waals surface area contributed by atoms with Crippen molar-refractivity contribution in [3.8, 4) is 11.5 Å². The lowest BCUT2D eigenvalue weighted by Gasteiger charge is -2.17. The van der Waals surface area contributed by atoms with Crippen molar-refractivity contribution in [1.29, 1.82) is 0 Å². The van der Waals surface area contributed by atoms with E-state index in [9.17, 15) is 0 Å². The van der Waals surface area contributed by atoms with Crippen LogP contribution < -0.4 is 14.8 Å². The van der Waals surface area contributed by atoms with E-state index in [0.29, 0.717) is 5.41 Å². The Bertz CT molecular complexity index is 386. The van der Waals surface area contributed by atoms with E-state index < -0.39 is 0 Å². The normalized spacial score (nSPS) is 16.6. The first-order chi connectivity index (χ1) is 8.23. The number of nitrogens with one attached hydrogen (secondary N) is 1. The van der Waals surface area contributed by atoms with E-state index in [1.54, 1.807) is 14.2 Å². The SMILES string of the molecule is CNCC1(Cc2ccc(OC)cc2OC)CC1. The molecule has 2 rings (SSSR count). The molecule has 1 aromatic rings. The second-order valence-corrected chi connectivity index (χ2v) is 4.88. The zero-order valence-corrected chi connectivity index (χ0v) is 10.9. The molecule has 0 heterocycles. The fourth-order valence-electron chi connectivity index (χ4n) is 2.37. The van der Waals surface area contributed by atoms with Gasteiger partial charge in [-0.3, -0.25) is 0 Å². The molecule has 0 spiro atoms. The largest absolute Gasteiger partial charge is 0.497 e. The first-order valence-electron chi connectivity index (χ1n) is 6.08. The molecule has 1 aromatic carbocycles. The number of rotatable bonds is 6. The minimum absolute atomic E-state index is 0.455. The summed E-state index contributed by atoms with van der Waals surface area (Å²) in [5.41, 5.74) is 1.73. The van der Waals surface area contributed by atoms with Crippen LogP contribution in [0.5, 0.6) is 11.5 Å². The molecule has 0 saturated heterocycles. The molecule has 1 aliphatic rings. The van der Waals surface area contributed by atoms with Gasteiger partial charge in [0.2, 0.25) is 0 Å². The lowest BCUT2D eigenvalue weighted by Crippen LogP contribution is -2.22. The highest BCUT2D eigenvalue weighted by Gasteiger charge is 2.42. The van der Waals surface area contributed by atoms with Gasteiger partial charge in [-0.1, -0.05) is 6.07 Å². The van der Waals surface area contributed by atoms with Gasteiger partial charge in [-0.05, 0) is 43.4 Å². The summed E-state index contributed by atoms with van der Waals surface area (Å²) in [5.74, 6) is 1.79. The molecule has 1 saturated carbocycles. The molecule has 0 aromatic heterocycles. The van der Waals surface area contributed by atoms with Crippen LogP contribution in [0.1, 0.15) is 18.4 Å². The van der Waals surface area contributed by atoms with E-state index >= 15 is 0 Å². The second kappa shape index (κ2) is 4.96. The molecule has 1 aliphatic carbocycles. The Labute approximate surface area is 103 Å². The van der Waals surface area contributed by atoms with E-state index in [4.69, 9.17) is 9.47 Å². The third-order valence-corrected chi connectivity index (χ3v) is 3.57. The first-order valence-corrected chi connectivity index (χ1v) is 6.08. The highest BCUT2D eigenvalue weighted by atomic mass is 16.5. The monoisotopic (exact) mass is 235 g/mol. The Morgan fingerprint density at radius 3 is 2.53 bits per heavy atom. The summed E-state index contributed by atoms with van der Waals surface area (Å²) in [4.78, 5) is 0. The Balaban J connectivity index is 2.15. The van der Waals surface area contributed by atoms with Gasteiger partial charge in [0.15, 0.2) is 0 Å². The summed E-state index contributed by atoms with van der Waals surface area (Å²) >= 11 is 0. The molecule has 17 heavy (non-hydrogen) atoms. The highest BCUT2D eigenvalue weighted by Crippen LogP contribution is 2.49. The van der Waals surface area contributed by atoms with Gasteiger partial charge in [-0.2, -0.15) is 0 Å². The number of methoxy groups -OCH3 is 2.